The molecule has 0 aliphatic heterocycles. The highest BCUT2D eigenvalue weighted by Crippen LogP contribution is 2.16. The molecule has 0 saturated heterocycles. The smallest absolute Gasteiger partial charge is 0.306 e. The van der Waals surface area contributed by atoms with Crippen LogP contribution in [0, 0.1) is 0 Å². The van der Waals surface area contributed by atoms with E-state index in [9.17, 15) is 14.4 Å². The van der Waals surface area contributed by atoms with Crippen LogP contribution in [0.5, 0.6) is 0 Å². The molecule has 0 saturated carbocycles. The molecule has 0 aromatic carbocycles. The number of rotatable bonds is 50. The Balaban J connectivity index is 4.34. The minimum Gasteiger partial charge on any atom is -0.462 e. The predicted octanol–water partition coefficient (Wildman–Crippen LogP) is 18.1. The van der Waals surface area contributed by atoms with Crippen LogP contribution in [0.4, 0.5) is 0 Å². The van der Waals surface area contributed by atoms with Crippen LogP contribution in [0.2, 0.25) is 0 Å². The summed E-state index contributed by atoms with van der Waals surface area (Å²) in [7, 11) is 0. The lowest BCUT2D eigenvalue weighted by atomic mass is 10.0. The first-order chi connectivity index (χ1) is 31.0. The topological polar surface area (TPSA) is 78.9 Å². The zero-order valence-electron chi connectivity index (χ0n) is 42.1. The summed E-state index contributed by atoms with van der Waals surface area (Å²) in [4.78, 5) is 38.0. The number of esters is 3. The van der Waals surface area contributed by atoms with Gasteiger partial charge in [0.2, 0.25) is 0 Å². The van der Waals surface area contributed by atoms with Crippen molar-refractivity contribution < 1.29 is 28.6 Å². The summed E-state index contributed by atoms with van der Waals surface area (Å²) in [5.41, 5.74) is 0. The molecule has 0 fully saturated rings. The quantitative estimate of drug-likeness (QED) is 0.0262. The van der Waals surface area contributed by atoms with Gasteiger partial charge in [0.1, 0.15) is 13.2 Å². The molecule has 0 bridgehead atoms. The van der Waals surface area contributed by atoms with E-state index in [1.54, 1.807) is 0 Å². The van der Waals surface area contributed by atoms with E-state index >= 15 is 0 Å². The molecule has 0 heterocycles. The van der Waals surface area contributed by atoms with Gasteiger partial charge in [0, 0.05) is 19.3 Å². The van der Waals surface area contributed by atoms with Crippen LogP contribution in [-0.4, -0.2) is 37.2 Å². The molecule has 0 aliphatic carbocycles. The number of hydrogen-bond donors (Lipinski definition) is 0. The number of allylic oxidation sites excluding steroid dienone is 6. The van der Waals surface area contributed by atoms with Gasteiger partial charge in [-0.25, -0.2) is 0 Å². The van der Waals surface area contributed by atoms with Crippen LogP contribution in [0.3, 0.4) is 0 Å². The summed E-state index contributed by atoms with van der Waals surface area (Å²) in [6.45, 7) is 6.54. The van der Waals surface area contributed by atoms with Crippen molar-refractivity contribution in [1.29, 1.82) is 0 Å². The van der Waals surface area contributed by atoms with Crippen molar-refractivity contribution in [3.05, 3.63) is 36.5 Å². The number of carbonyl (C=O) groups is 3. The third-order valence-electron chi connectivity index (χ3n) is 12.1. The summed E-state index contributed by atoms with van der Waals surface area (Å²) in [5.74, 6) is -0.887. The second-order valence-electron chi connectivity index (χ2n) is 18.5. The fourth-order valence-corrected chi connectivity index (χ4v) is 8.01. The van der Waals surface area contributed by atoms with Gasteiger partial charge in [0.25, 0.3) is 0 Å². The normalized spacial score (nSPS) is 12.2. The molecule has 0 spiro atoms. The van der Waals surface area contributed by atoms with Crippen molar-refractivity contribution in [1.82, 2.24) is 0 Å². The molecule has 6 heteroatoms. The van der Waals surface area contributed by atoms with E-state index in [-0.39, 0.29) is 31.1 Å². The Bertz CT molecular complexity index is 1060. The molecule has 63 heavy (non-hydrogen) atoms. The van der Waals surface area contributed by atoms with Crippen molar-refractivity contribution >= 4 is 17.9 Å². The lowest BCUT2D eigenvalue weighted by Gasteiger charge is -2.18. The van der Waals surface area contributed by atoms with E-state index < -0.39 is 6.10 Å². The van der Waals surface area contributed by atoms with Crippen LogP contribution >= 0.6 is 0 Å². The monoisotopic (exact) mass is 885 g/mol. The van der Waals surface area contributed by atoms with Gasteiger partial charge in [0.05, 0.1) is 0 Å². The summed E-state index contributed by atoms with van der Waals surface area (Å²) >= 11 is 0. The highest BCUT2D eigenvalue weighted by molar-refractivity contribution is 5.71. The SMILES string of the molecule is CC/C=C\C/C=C\CCCCCCCC(=O)OCC(COC(=O)CCCCCCCCCCCCCCCCCCC)OC(=O)CCCCCCC/C=C\CCCCCCCCC. The second kappa shape index (κ2) is 52.3. The van der Waals surface area contributed by atoms with Gasteiger partial charge in [-0.2, -0.15) is 0 Å². The predicted molar refractivity (Wildman–Crippen MR) is 270 cm³/mol. The maximum atomic E-state index is 12.8. The number of carbonyl (C=O) groups excluding carboxylic acids is 3. The van der Waals surface area contributed by atoms with E-state index in [0.717, 1.165) is 89.9 Å². The van der Waals surface area contributed by atoms with Crippen LogP contribution in [0.15, 0.2) is 36.5 Å². The first-order valence-electron chi connectivity index (χ1n) is 27.5. The summed E-state index contributed by atoms with van der Waals surface area (Å²) in [5, 5.41) is 0. The molecule has 368 valence electrons. The Morgan fingerprint density at radius 1 is 0.333 bits per heavy atom. The van der Waals surface area contributed by atoms with Gasteiger partial charge in [-0.3, -0.25) is 14.4 Å². The van der Waals surface area contributed by atoms with E-state index in [1.807, 2.05) is 0 Å². The molecule has 0 amide bonds. The van der Waals surface area contributed by atoms with E-state index in [1.165, 1.54) is 161 Å². The summed E-state index contributed by atoms with van der Waals surface area (Å²) in [6, 6.07) is 0. The van der Waals surface area contributed by atoms with Gasteiger partial charge < -0.3 is 14.2 Å². The Labute approximate surface area is 391 Å². The molecular weight excluding hydrogens is 781 g/mol. The molecule has 0 rings (SSSR count). The van der Waals surface area contributed by atoms with Crippen LogP contribution in [0.25, 0.3) is 0 Å². The minimum atomic E-state index is -0.778. The van der Waals surface area contributed by atoms with Crippen molar-refractivity contribution in [3.63, 3.8) is 0 Å². The molecule has 1 unspecified atom stereocenters. The number of hydrogen-bond acceptors (Lipinski definition) is 6. The maximum Gasteiger partial charge on any atom is 0.306 e. The van der Waals surface area contributed by atoms with Crippen molar-refractivity contribution in [3.8, 4) is 0 Å². The largest absolute Gasteiger partial charge is 0.462 e. The van der Waals surface area contributed by atoms with Crippen LogP contribution in [-0.2, 0) is 28.6 Å². The Hall–Kier alpha value is -2.37. The first-order valence-corrected chi connectivity index (χ1v) is 27.5. The average Bonchev–Trinajstić information content (AvgIpc) is 3.28. The Morgan fingerprint density at radius 3 is 0.968 bits per heavy atom. The summed E-state index contributed by atoms with van der Waals surface area (Å²) in [6.07, 6.45) is 61.3. The molecule has 1 atom stereocenters. The standard InChI is InChI=1S/C57H104O6/c1-4-7-10-13-16-19-22-25-27-29-31-32-35-38-41-44-47-50-56(59)62-53-54(52-61-55(58)49-46-43-40-37-34-24-21-18-15-12-9-6-3)63-57(60)51-48-45-42-39-36-33-30-28-26-23-20-17-14-11-8-5-2/h9,12,18,21,28,30,54H,4-8,10-11,13-17,19-20,22-27,29,31-53H2,1-3H3/b12-9-,21-18-,30-28-. The molecule has 6 nitrogen and oxygen atoms in total. The first kappa shape index (κ1) is 60.6. The molecule has 0 radical (unpaired) electrons. The Morgan fingerprint density at radius 2 is 0.619 bits per heavy atom. The highest BCUT2D eigenvalue weighted by atomic mass is 16.6. The third kappa shape index (κ3) is 50.5. The van der Waals surface area contributed by atoms with Gasteiger partial charge in [-0.05, 0) is 70.6 Å². The van der Waals surface area contributed by atoms with Gasteiger partial charge in [-0.15, -0.1) is 0 Å². The molecule has 0 N–H and O–H groups in total. The van der Waals surface area contributed by atoms with Gasteiger partial charge >= 0.3 is 17.9 Å². The highest BCUT2D eigenvalue weighted by Gasteiger charge is 2.19. The number of unbranched alkanes of at least 4 members (excludes halogenated alkanes) is 33. The minimum absolute atomic E-state index is 0.0768. The van der Waals surface area contributed by atoms with Gasteiger partial charge in [0.15, 0.2) is 6.10 Å². The molecule has 0 aliphatic rings. The van der Waals surface area contributed by atoms with E-state index in [4.69, 9.17) is 14.2 Å². The third-order valence-corrected chi connectivity index (χ3v) is 12.1. The van der Waals surface area contributed by atoms with Gasteiger partial charge in [-0.1, -0.05) is 237 Å². The second-order valence-corrected chi connectivity index (χ2v) is 18.5. The summed E-state index contributed by atoms with van der Waals surface area (Å²) < 4.78 is 16.8. The van der Waals surface area contributed by atoms with Crippen molar-refractivity contribution in [2.75, 3.05) is 13.2 Å². The lowest BCUT2D eigenvalue weighted by molar-refractivity contribution is -0.167. The lowest BCUT2D eigenvalue weighted by Crippen LogP contribution is -2.30. The number of ether oxygens (including phenoxy) is 3. The maximum absolute atomic E-state index is 12.8. The van der Waals surface area contributed by atoms with Crippen LogP contribution in [0.1, 0.15) is 290 Å². The average molecular weight is 885 g/mol. The Kier molecular flexibility index (Phi) is 50.3. The molecular formula is C57H104O6. The zero-order chi connectivity index (χ0) is 45.8. The van der Waals surface area contributed by atoms with Crippen LogP contribution < -0.4 is 0 Å². The zero-order valence-corrected chi connectivity index (χ0v) is 42.1. The van der Waals surface area contributed by atoms with E-state index in [0.29, 0.717) is 19.3 Å². The molecule has 0 aromatic heterocycles. The van der Waals surface area contributed by atoms with Crippen molar-refractivity contribution in [2.45, 2.75) is 297 Å². The fraction of sp³-hybridized carbons (Fsp3) is 0.842. The fourth-order valence-electron chi connectivity index (χ4n) is 8.01. The van der Waals surface area contributed by atoms with Crippen molar-refractivity contribution in [2.24, 2.45) is 0 Å². The molecule has 0 aromatic rings. The van der Waals surface area contributed by atoms with E-state index in [2.05, 4.69) is 57.2 Å².